The Kier molecular flexibility index (Phi) is 10.9. The number of carbonyl (C=O) groups excluding carboxylic acids is 6. The molecule has 0 radical (unpaired) electrons. The lowest BCUT2D eigenvalue weighted by Crippen LogP contribution is -2.55. The normalized spacial score (nSPS) is 20.1. The summed E-state index contributed by atoms with van der Waals surface area (Å²) in [5, 5.41) is 21.0. The van der Waals surface area contributed by atoms with Crippen LogP contribution in [0.1, 0.15) is 69.1 Å². The Morgan fingerprint density at radius 1 is 0.918 bits per heavy atom. The van der Waals surface area contributed by atoms with Crippen LogP contribution in [0.5, 0.6) is 5.75 Å². The second-order valence-corrected chi connectivity index (χ2v) is 16.8. The van der Waals surface area contributed by atoms with Gasteiger partial charge in [-0.1, -0.05) is 12.1 Å². The third-order valence-electron chi connectivity index (χ3n) is 12.5. The van der Waals surface area contributed by atoms with Gasteiger partial charge in [0, 0.05) is 110 Å². The van der Waals surface area contributed by atoms with Crippen molar-refractivity contribution in [2.45, 2.75) is 56.9 Å². The summed E-state index contributed by atoms with van der Waals surface area (Å²) >= 11 is 1.20. The van der Waals surface area contributed by atoms with Gasteiger partial charge in [0.15, 0.2) is 5.13 Å². The van der Waals surface area contributed by atoms with E-state index in [1.54, 1.807) is 17.5 Å². The lowest BCUT2D eigenvalue weighted by molar-refractivity contribution is -0.137. The van der Waals surface area contributed by atoms with Crippen molar-refractivity contribution in [3.05, 3.63) is 99.8 Å². The number of thiazole rings is 1. The van der Waals surface area contributed by atoms with Crippen LogP contribution in [0.25, 0.3) is 0 Å². The van der Waals surface area contributed by atoms with Crippen molar-refractivity contribution in [3.8, 4) is 5.75 Å². The van der Waals surface area contributed by atoms with Crippen molar-refractivity contribution in [2.24, 2.45) is 0 Å². The summed E-state index contributed by atoms with van der Waals surface area (Å²) in [4.78, 5) is 91.9. The van der Waals surface area contributed by atoms with Crippen LogP contribution in [0.3, 0.4) is 0 Å². The van der Waals surface area contributed by atoms with Crippen molar-refractivity contribution < 1.29 is 38.3 Å². The Morgan fingerprint density at radius 3 is 2.48 bits per heavy atom. The number of hydrogen-bond acceptors (Lipinski definition) is 12. The number of nitrogens with one attached hydrogen (secondary N) is 3. The first-order chi connectivity index (χ1) is 29.5. The van der Waals surface area contributed by atoms with Gasteiger partial charge in [0.2, 0.25) is 17.7 Å². The van der Waals surface area contributed by atoms with Crippen LogP contribution < -0.4 is 20.9 Å². The van der Waals surface area contributed by atoms with Crippen LogP contribution in [0.15, 0.2) is 66.2 Å². The van der Waals surface area contributed by atoms with Gasteiger partial charge >= 0.3 is 0 Å². The Morgan fingerprint density at radius 2 is 1.72 bits per heavy atom. The average Bonchev–Trinajstić information content (AvgIpc) is 3.99. The zero-order valence-corrected chi connectivity index (χ0v) is 34.0. The molecule has 3 aromatic carbocycles. The van der Waals surface area contributed by atoms with E-state index in [2.05, 4.69) is 30.7 Å². The number of aromatic hydroxyl groups is 1. The number of halogens is 1. The number of hydrogen-bond donors (Lipinski definition) is 4. The van der Waals surface area contributed by atoms with Crippen molar-refractivity contribution in [1.29, 1.82) is 0 Å². The zero-order chi connectivity index (χ0) is 42.4. The zero-order valence-electron chi connectivity index (χ0n) is 33.1. The van der Waals surface area contributed by atoms with Crippen LogP contribution in [0.2, 0.25) is 0 Å². The molecule has 4 N–H and O–H groups in total. The molecule has 3 fully saturated rings. The number of piperazine rings is 1. The second kappa shape index (κ2) is 16.6. The van der Waals surface area contributed by atoms with Gasteiger partial charge in [0.1, 0.15) is 23.7 Å². The van der Waals surface area contributed by atoms with Crippen LogP contribution in [-0.2, 0) is 32.3 Å². The third kappa shape index (κ3) is 7.88. The maximum Gasteiger partial charge on any atom is 0.255 e. The van der Waals surface area contributed by atoms with Crippen LogP contribution in [0.4, 0.5) is 20.9 Å². The van der Waals surface area contributed by atoms with Gasteiger partial charge in [0.25, 0.3) is 17.7 Å². The number of benzene rings is 3. The maximum absolute atomic E-state index is 14.4. The SMILES string of the molecule is O=C1CCC(N2Cc3c(NCC(=O)N4CCN(C5CCN(c6ccc7c(c6)C(=O)N(C(C(=O)Nc6nccs6)c6cc(F)ccc6O)C7)CC5)CC4)cccc3C2=O)C(=O)N1. The summed E-state index contributed by atoms with van der Waals surface area (Å²) in [7, 11) is 0. The summed E-state index contributed by atoms with van der Waals surface area (Å²) in [6.45, 7) is 4.60. The molecule has 5 aliphatic rings. The predicted octanol–water partition coefficient (Wildman–Crippen LogP) is 3.31. The molecule has 3 saturated heterocycles. The van der Waals surface area contributed by atoms with E-state index in [9.17, 15) is 38.3 Å². The third-order valence-corrected chi connectivity index (χ3v) is 13.1. The number of phenols is 1. The number of piperidine rings is 2. The Hall–Kier alpha value is -6.40. The predicted molar refractivity (Wildman–Crippen MR) is 222 cm³/mol. The van der Waals surface area contributed by atoms with E-state index in [-0.39, 0.29) is 61.5 Å². The summed E-state index contributed by atoms with van der Waals surface area (Å²) < 4.78 is 14.4. The molecule has 9 rings (SSSR count). The first-order valence-corrected chi connectivity index (χ1v) is 21.3. The number of carbonyl (C=O) groups is 6. The van der Waals surface area contributed by atoms with Gasteiger partial charge in [-0.15, -0.1) is 11.3 Å². The fourth-order valence-electron chi connectivity index (χ4n) is 9.23. The van der Waals surface area contributed by atoms with E-state index < -0.39 is 35.6 Å². The van der Waals surface area contributed by atoms with Crippen LogP contribution in [0, 0.1) is 5.82 Å². The highest BCUT2D eigenvalue weighted by Crippen LogP contribution is 2.38. The van der Waals surface area contributed by atoms with Crippen LogP contribution >= 0.6 is 11.3 Å². The van der Waals surface area contributed by atoms with Gasteiger partial charge in [-0.3, -0.25) is 44.3 Å². The van der Waals surface area contributed by atoms with Crippen molar-refractivity contribution in [2.75, 3.05) is 61.3 Å². The maximum atomic E-state index is 14.4. The summed E-state index contributed by atoms with van der Waals surface area (Å²) in [6.07, 6.45) is 3.79. The standard InChI is InChI=1S/C43H44FN9O7S/c44-26-5-8-35(54)31(20-26)38(40(58)48-43-45-12-19-61-43)53-23-25-4-6-28(21-30(25)42(53)60)49-13-10-27(11-14-49)50-15-17-51(18-16-50)37(56)22-46-33-3-1-2-29-32(33)24-52(41(29)59)34-7-9-36(55)47-39(34)57/h1-6,8,12,19-21,27,34,38,46,54H,7,9-11,13-18,22-24H2,(H,45,48,58)(H,47,55,57). The summed E-state index contributed by atoms with van der Waals surface area (Å²) in [5.41, 5.74) is 3.95. The molecular formula is C43H44FN9O7S. The molecule has 1 aromatic heterocycles. The molecular weight excluding hydrogens is 806 g/mol. The number of amides is 6. The van der Waals surface area contributed by atoms with Gasteiger partial charge < -0.3 is 30.0 Å². The van der Waals surface area contributed by atoms with Crippen molar-refractivity contribution in [1.82, 2.24) is 29.9 Å². The van der Waals surface area contributed by atoms with Crippen molar-refractivity contribution in [3.63, 3.8) is 0 Å². The largest absolute Gasteiger partial charge is 0.508 e. The number of fused-ring (bicyclic) bond motifs is 2. The van der Waals surface area contributed by atoms with Gasteiger partial charge in [-0.2, -0.15) is 0 Å². The van der Waals surface area contributed by atoms with E-state index in [4.69, 9.17) is 0 Å². The molecule has 0 saturated carbocycles. The summed E-state index contributed by atoms with van der Waals surface area (Å²) in [6, 6.07) is 12.7. The molecule has 5 aliphatic heterocycles. The molecule has 16 nitrogen and oxygen atoms in total. The minimum Gasteiger partial charge on any atom is -0.508 e. The highest BCUT2D eigenvalue weighted by Gasteiger charge is 2.41. The Balaban J connectivity index is 0.774. The smallest absolute Gasteiger partial charge is 0.255 e. The molecule has 316 valence electrons. The quantitative estimate of drug-likeness (QED) is 0.172. The Bertz CT molecular complexity index is 2420. The minimum absolute atomic E-state index is 0.0187. The average molecular weight is 850 g/mol. The fraction of sp³-hybridized carbons (Fsp3) is 0.372. The number of rotatable bonds is 10. The first-order valence-electron chi connectivity index (χ1n) is 20.4. The highest BCUT2D eigenvalue weighted by molar-refractivity contribution is 7.13. The first kappa shape index (κ1) is 40.0. The minimum atomic E-state index is -1.30. The summed E-state index contributed by atoms with van der Waals surface area (Å²) in [5.74, 6) is -3.06. The number of nitrogens with zero attached hydrogens (tertiary/aromatic N) is 6. The van der Waals surface area contributed by atoms with E-state index in [1.807, 2.05) is 29.2 Å². The second-order valence-electron chi connectivity index (χ2n) is 15.9. The molecule has 0 spiro atoms. The molecule has 18 heteroatoms. The van der Waals surface area contributed by atoms with Crippen LogP contribution in [-0.4, -0.2) is 123 Å². The van der Waals surface area contributed by atoms with E-state index >= 15 is 0 Å². The van der Waals surface area contributed by atoms with Gasteiger partial charge in [-0.25, -0.2) is 9.37 Å². The molecule has 6 heterocycles. The number of aromatic nitrogens is 1. The number of imide groups is 1. The van der Waals surface area contributed by atoms with E-state index in [1.165, 1.54) is 33.4 Å². The highest BCUT2D eigenvalue weighted by atomic mass is 32.1. The van der Waals surface area contributed by atoms with Gasteiger partial charge in [-0.05, 0) is 67.3 Å². The number of anilines is 3. The Labute approximate surface area is 354 Å². The fourth-order valence-corrected chi connectivity index (χ4v) is 9.76. The lowest BCUT2D eigenvalue weighted by Gasteiger charge is -2.43. The molecule has 0 aliphatic carbocycles. The lowest BCUT2D eigenvalue weighted by atomic mass is 10.0. The number of phenolic OH excluding ortho intramolecular Hbond substituents is 1. The van der Waals surface area contributed by atoms with E-state index in [0.717, 1.165) is 68.0 Å². The topological polar surface area (TPSA) is 188 Å². The van der Waals surface area contributed by atoms with Crippen molar-refractivity contribution >= 4 is 63.3 Å². The molecule has 61 heavy (non-hydrogen) atoms. The van der Waals surface area contributed by atoms with Gasteiger partial charge in [0.05, 0.1) is 6.54 Å². The monoisotopic (exact) mass is 849 g/mol. The molecule has 6 amide bonds. The molecule has 2 atom stereocenters. The molecule has 4 aromatic rings. The van der Waals surface area contributed by atoms with E-state index in [0.29, 0.717) is 41.1 Å². The molecule has 2 unspecified atom stereocenters. The molecule has 0 bridgehead atoms.